The molecule has 2 aliphatic heterocycles. The van der Waals surface area contributed by atoms with E-state index in [1.165, 1.54) is 14.2 Å². The molecule has 2 heterocycles. The van der Waals surface area contributed by atoms with E-state index < -0.39 is 11.0 Å². The molecule has 0 amide bonds. The number of methoxy groups -OCH3 is 4. The molecule has 6 aromatic rings. The van der Waals surface area contributed by atoms with Crippen LogP contribution in [0, 0.1) is 16.7 Å². The van der Waals surface area contributed by atoms with Gasteiger partial charge in [0.1, 0.15) is 17.2 Å². The predicted octanol–water partition coefficient (Wildman–Crippen LogP) is 10.2. The maximum Gasteiger partial charge on any atom is 0.212 e. The molecule has 2 atom stereocenters. The van der Waals surface area contributed by atoms with Gasteiger partial charge in [0, 0.05) is 63.3 Å². The van der Waals surface area contributed by atoms with Crippen molar-refractivity contribution < 1.29 is 33.2 Å². The number of morpholine rings is 1. The lowest BCUT2D eigenvalue weighted by atomic mass is 9.75. The molecule has 13 heteroatoms. The first-order valence-corrected chi connectivity index (χ1v) is 20.4. The van der Waals surface area contributed by atoms with Crippen LogP contribution in [0.1, 0.15) is 40.3 Å². The molecule has 1 fully saturated rings. The summed E-state index contributed by atoms with van der Waals surface area (Å²) in [5, 5.41) is 23.5. The maximum atomic E-state index is 10.1. The number of benzene rings is 6. The summed E-state index contributed by atoms with van der Waals surface area (Å²) < 4.78 is 42.2. The van der Waals surface area contributed by atoms with Crippen LogP contribution in [0.2, 0.25) is 0 Å². The Morgan fingerprint density at radius 3 is 2.14 bits per heavy atom. The number of fused-ring (bicyclic) bond motifs is 8. The van der Waals surface area contributed by atoms with E-state index in [4.69, 9.17) is 38.6 Å². The molecule has 0 bridgehead atoms. The molecular weight excluding hydrogens is 797 g/mol. The second kappa shape index (κ2) is 16.3. The topological polar surface area (TPSA) is 164 Å². The Bertz CT molecular complexity index is 2890. The third-order valence-electron chi connectivity index (χ3n) is 12.5. The summed E-state index contributed by atoms with van der Waals surface area (Å²) in [7, 11) is 6.33. The second-order valence-corrected chi connectivity index (χ2v) is 15.7. The third-order valence-corrected chi connectivity index (χ3v) is 12.5. The van der Waals surface area contributed by atoms with E-state index in [-0.39, 0.29) is 12.3 Å². The zero-order valence-corrected chi connectivity index (χ0v) is 35.5. The van der Waals surface area contributed by atoms with Crippen molar-refractivity contribution in [3.8, 4) is 62.8 Å². The van der Waals surface area contributed by atoms with Crippen LogP contribution in [0.3, 0.4) is 0 Å². The normalized spacial score (nSPS) is 18.2. The SMILES string of the molecule is COc1ccc(C2(c3ccc(N4CCOCC4)cc3)C=Cc3c4c(c5cc(OC)c(-c6cc(OC)c(OC=N)c(OC)c6)cc5c3O2)-c2ccc(C#N)cc2C4(C)CN=[N+]=[N-])cc1. The molecular formula is C50H44N6O7. The molecule has 6 aromatic carbocycles. The third kappa shape index (κ3) is 6.59. The van der Waals surface area contributed by atoms with Gasteiger partial charge in [0.15, 0.2) is 23.5 Å². The van der Waals surface area contributed by atoms with E-state index in [1.54, 1.807) is 14.2 Å². The first-order valence-electron chi connectivity index (χ1n) is 20.4. The number of ether oxygens (including phenoxy) is 7. The molecule has 316 valence electrons. The summed E-state index contributed by atoms with van der Waals surface area (Å²) in [6.45, 7) is 5.11. The highest BCUT2D eigenvalue weighted by Crippen LogP contribution is 2.60. The molecule has 0 aromatic heterocycles. The first-order chi connectivity index (χ1) is 30.7. The summed E-state index contributed by atoms with van der Waals surface area (Å²) in [5.41, 5.74) is 17.0. The van der Waals surface area contributed by atoms with Crippen LogP contribution in [-0.4, -0.2) is 67.7 Å². The molecule has 0 spiro atoms. The van der Waals surface area contributed by atoms with Crippen LogP contribution in [0.25, 0.3) is 49.5 Å². The predicted molar refractivity (Wildman–Crippen MR) is 242 cm³/mol. The van der Waals surface area contributed by atoms with Crippen LogP contribution in [0.15, 0.2) is 102 Å². The maximum absolute atomic E-state index is 10.1. The Morgan fingerprint density at radius 1 is 0.841 bits per heavy atom. The van der Waals surface area contributed by atoms with Crippen molar-refractivity contribution in [2.45, 2.75) is 17.9 Å². The first kappa shape index (κ1) is 40.7. The lowest BCUT2D eigenvalue weighted by molar-refractivity contribution is 0.122. The Labute approximate surface area is 364 Å². The molecule has 0 radical (unpaired) electrons. The smallest absolute Gasteiger partial charge is 0.212 e. The van der Waals surface area contributed by atoms with Gasteiger partial charge in [0.2, 0.25) is 5.75 Å². The minimum absolute atomic E-state index is 0.0930. The number of anilines is 1. The van der Waals surface area contributed by atoms with Crippen molar-refractivity contribution in [2.75, 3.05) is 66.2 Å². The molecule has 0 saturated carbocycles. The molecule has 9 rings (SSSR count). The van der Waals surface area contributed by atoms with Gasteiger partial charge >= 0.3 is 0 Å². The Morgan fingerprint density at radius 2 is 1.52 bits per heavy atom. The van der Waals surface area contributed by atoms with Gasteiger partial charge in [-0.25, -0.2) is 0 Å². The van der Waals surface area contributed by atoms with E-state index in [9.17, 15) is 10.8 Å². The number of hydrogen-bond acceptors (Lipinski definition) is 11. The van der Waals surface area contributed by atoms with Crippen LogP contribution in [0.5, 0.6) is 34.5 Å². The summed E-state index contributed by atoms with van der Waals surface area (Å²) in [6, 6.07) is 32.1. The molecule has 63 heavy (non-hydrogen) atoms. The van der Waals surface area contributed by atoms with E-state index in [0.29, 0.717) is 58.7 Å². The number of nitrogens with zero attached hydrogens (tertiary/aromatic N) is 5. The highest BCUT2D eigenvalue weighted by atomic mass is 16.5. The van der Waals surface area contributed by atoms with E-state index in [2.05, 4.69) is 70.4 Å². The van der Waals surface area contributed by atoms with Gasteiger partial charge in [-0.15, -0.1) is 0 Å². The van der Waals surface area contributed by atoms with Crippen molar-refractivity contribution in [1.82, 2.24) is 0 Å². The van der Waals surface area contributed by atoms with Gasteiger partial charge in [-0.1, -0.05) is 48.4 Å². The molecule has 1 aliphatic carbocycles. The Hall–Kier alpha value is -7.65. The van der Waals surface area contributed by atoms with E-state index in [0.717, 1.165) is 74.9 Å². The second-order valence-electron chi connectivity index (χ2n) is 15.7. The van der Waals surface area contributed by atoms with Crippen LogP contribution in [0.4, 0.5) is 5.69 Å². The number of nitrogens with one attached hydrogen (secondary N) is 1. The standard InChI is InChI=1S/C50H44N6O7/c1-49(28-54-55-53)41-22-30(27-51)6-15-36(41)45-39-26-42(58-3)38(31-23-43(59-4)48(62-29-52)44(24-31)60-5)25-40(39)47-37(46(45)49)16-17-50(63-47,33-9-13-35(57-2)14-10-33)32-7-11-34(12-8-32)56-18-20-61-21-19-56/h6-17,22-26,29,52H,18-21,28H2,1-5H3. The van der Waals surface area contributed by atoms with Gasteiger partial charge in [0.05, 0.1) is 53.3 Å². The van der Waals surface area contributed by atoms with Crippen LogP contribution in [-0.2, 0) is 15.8 Å². The summed E-state index contributed by atoms with van der Waals surface area (Å²) in [5.74, 6) is 2.86. The molecule has 13 nitrogen and oxygen atoms in total. The van der Waals surface area contributed by atoms with Crippen LogP contribution < -0.4 is 33.3 Å². The van der Waals surface area contributed by atoms with Crippen LogP contribution >= 0.6 is 0 Å². The number of hydrogen-bond donors (Lipinski definition) is 1. The number of nitriles is 1. The summed E-state index contributed by atoms with van der Waals surface area (Å²) in [4.78, 5) is 5.53. The molecule has 2 unspecified atom stereocenters. The molecule has 1 N–H and O–H groups in total. The van der Waals surface area contributed by atoms with Crippen molar-refractivity contribution in [1.29, 1.82) is 10.7 Å². The zero-order chi connectivity index (χ0) is 43.9. The van der Waals surface area contributed by atoms with Gasteiger partial charge in [0.25, 0.3) is 0 Å². The van der Waals surface area contributed by atoms with Gasteiger partial charge in [-0.2, -0.15) is 5.26 Å². The molecule has 1 saturated heterocycles. The Kier molecular flexibility index (Phi) is 10.6. The van der Waals surface area contributed by atoms with Gasteiger partial charge in [-0.05, 0) is 105 Å². The van der Waals surface area contributed by atoms with Crippen molar-refractivity contribution in [2.24, 2.45) is 5.11 Å². The Balaban J connectivity index is 1.36. The van der Waals surface area contributed by atoms with Crippen molar-refractivity contribution >= 4 is 28.9 Å². The minimum atomic E-state index is -1.12. The number of rotatable bonds is 12. The van der Waals surface area contributed by atoms with Gasteiger partial charge in [-0.3, -0.25) is 5.41 Å². The lowest BCUT2D eigenvalue weighted by Gasteiger charge is -2.39. The fourth-order valence-corrected chi connectivity index (χ4v) is 9.44. The largest absolute Gasteiger partial charge is 0.497 e. The van der Waals surface area contributed by atoms with E-state index >= 15 is 0 Å². The van der Waals surface area contributed by atoms with Crippen molar-refractivity contribution in [3.05, 3.63) is 141 Å². The highest BCUT2D eigenvalue weighted by molar-refractivity contribution is 6.11. The monoisotopic (exact) mass is 840 g/mol. The van der Waals surface area contributed by atoms with E-state index in [1.807, 2.05) is 60.7 Å². The quantitative estimate of drug-likeness (QED) is 0.0415. The highest BCUT2D eigenvalue weighted by Gasteiger charge is 2.46. The lowest BCUT2D eigenvalue weighted by Crippen LogP contribution is -2.37. The summed E-state index contributed by atoms with van der Waals surface area (Å²) >= 11 is 0. The summed E-state index contributed by atoms with van der Waals surface area (Å²) in [6.07, 6.45) is 5.06. The minimum Gasteiger partial charge on any atom is -0.497 e. The fourth-order valence-electron chi connectivity index (χ4n) is 9.44. The number of azide groups is 1. The van der Waals surface area contributed by atoms with Gasteiger partial charge < -0.3 is 38.1 Å². The average molecular weight is 841 g/mol. The average Bonchev–Trinajstić information content (AvgIpc) is 3.60. The molecule has 3 aliphatic rings. The fraction of sp³-hybridized carbons (Fsp3) is 0.240. The zero-order valence-electron chi connectivity index (χ0n) is 35.5. The van der Waals surface area contributed by atoms with Crippen molar-refractivity contribution in [3.63, 3.8) is 0 Å².